The molecule has 7 heteroatoms. The second-order valence-corrected chi connectivity index (χ2v) is 7.86. The number of hydrogen-bond acceptors (Lipinski definition) is 6. The average Bonchev–Trinajstić information content (AvgIpc) is 3.24. The smallest absolute Gasteiger partial charge is 0.270 e. The number of rotatable bonds is 3. The second kappa shape index (κ2) is 7.47. The molecule has 0 N–H and O–H groups in total. The number of para-hydroxylation sites is 1. The lowest BCUT2D eigenvalue weighted by atomic mass is 9.95. The normalized spacial score (nSPS) is 14.8. The number of aryl methyl sites for hydroxylation is 1. The molecule has 4 aromatic rings. The lowest BCUT2D eigenvalue weighted by Crippen LogP contribution is -2.35. The highest BCUT2D eigenvalue weighted by atomic mass is 16.5. The largest absolute Gasteiger partial charge is 0.497 e. The summed E-state index contributed by atoms with van der Waals surface area (Å²) in [5.41, 5.74) is 3.06. The second-order valence-electron chi connectivity index (χ2n) is 7.86. The predicted molar refractivity (Wildman–Crippen MR) is 119 cm³/mol. The van der Waals surface area contributed by atoms with Gasteiger partial charge in [-0.15, -0.1) is 0 Å². The van der Waals surface area contributed by atoms with Crippen LogP contribution in [-0.4, -0.2) is 29.8 Å². The lowest BCUT2D eigenvalue weighted by Gasteiger charge is -2.33. The molecule has 1 fully saturated rings. The van der Waals surface area contributed by atoms with Gasteiger partial charge >= 0.3 is 0 Å². The van der Waals surface area contributed by atoms with E-state index >= 15 is 0 Å². The number of benzene rings is 2. The Morgan fingerprint density at radius 3 is 2.71 bits per heavy atom. The minimum absolute atomic E-state index is 0.193. The fraction of sp³-hybridized carbons (Fsp3) is 0.292. The first kappa shape index (κ1) is 19.2. The van der Waals surface area contributed by atoms with Crippen LogP contribution < -0.4 is 15.2 Å². The Hall–Kier alpha value is -3.79. The van der Waals surface area contributed by atoms with Crippen LogP contribution in [0.1, 0.15) is 30.2 Å². The summed E-state index contributed by atoms with van der Waals surface area (Å²) in [5.74, 6) is 1.68. The summed E-state index contributed by atoms with van der Waals surface area (Å²) in [6.07, 6.45) is 1.66. The molecule has 0 atom stereocenters. The summed E-state index contributed by atoms with van der Waals surface area (Å²) < 4.78 is 12.8. The SMILES string of the molecule is COc1ccc2oc(C3CCN(c4c(C#N)c(=O)n(C)c5ccccc45)CC3)nc2c1. The van der Waals surface area contributed by atoms with E-state index in [1.54, 1.807) is 18.7 Å². The molecule has 31 heavy (non-hydrogen) atoms. The zero-order chi connectivity index (χ0) is 21.5. The number of aromatic nitrogens is 2. The highest BCUT2D eigenvalue weighted by Gasteiger charge is 2.28. The molecule has 2 aromatic heterocycles. The Labute approximate surface area is 179 Å². The van der Waals surface area contributed by atoms with Gasteiger partial charge < -0.3 is 18.6 Å². The lowest BCUT2D eigenvalue weighted by molar-refractivity contribution is 0.407. The third-order valence-corrected chi connectivity index (χ3v) is 6.16. The van der Waals surface area contributed by atoms with Crippen molar-refractivity contribution >= 4 is 27.7 Å². The molecule has 7 nitrogen and oxygen atoms in total. The van der Waals surface area contributed by atoms with Crippen LogP contribution in [0.25, 0.3) is 22.0 Å². The van der Waals surface area contributed by atoms with Crippen molar-refractivity contribution in [2.45, 2.75) is 18.8 Å². The van der Waals surface area contributed by atoms with Crippen LogP contribution >= 0.6 is 0 Å². The number of nitriles is 1. The van der Waals surface area contributed by atoms with Gasteiger partial charge in [-0.1, -0.05) is 18.2 Å². The van der Waals surface area contributed by atoms with Crippen molar-refractivity contribution in [3.8, 4) is 11.8 Å². The van der Waals surface area contributed by atoms with Gasteiger partial charge in [0, 0.05) is 37.5 Å². The standard InChI is InChI=1S/C24H22N4O3/c1-27-20-6-4-3-5-17(20)22(18(14-25)24(27)29)28-11-9-15(10-12-28)23-26-19-13-16(30-2)7-8-21(19)31-23/h3-8,13,15H,9-12H2,1-2H3. The van der Waals surface area contributed by atoms with E-state index in [0.29, 0.717) is 0 Å². The van der Waals surface area contributed by atoms with Gasteiger partial charge in [-0.05, 0) is 31.0 Å². The molecule has 0 unspecified atom stereocenters. The number of hydrogen-bond donors (Lipinski definition) is 0. The third-order valence-electron chi connectivity index (χ3n) is 6.16. The van der Waals surface area contributed by atoms with Crippen molar-refractivity contribution in [3.63, 3.8) is 0 Å². The van der Waals surface area contributed by atoms with Crippen LogP contribution in [0.4, 0.5) is 5.69 Å². The van der Waals surface area contributed by atoms with Gasteiger partial charge in [-0.3, -0.25) is 4.79 Å². The Kier molecular flexibility index (Phi) is 4.63. The van der Waals surface area contributed by atoms with Crippen molar-refractivity contribution < 1.29 is 9.15 Å². The van der Waals surface area contributed by atoms with Crippen LogP contribution in [-0.2, 0) is 7.05 Å². The molecule has 5 rings (SSSR count). The number of oxazole rings is 1. The first-order valence-corrected chi connectivity index (χ1v) is 10.3. The summed E-state index contributed by atoms with van der Waals surface area (Å²) in [4.78, 5) is 19.6. The molecule has 1 saturated heterocycles. The number of ether oxygens (including phenoxy) is 1. The molecule has 3 heterocycles. The number of nitrogens with zero attached hydrogens (tertiary/aromatic N) is 4. The maximum absolute atomic E-state index is 12.8. The van der Waals surface area contributed by atoms with Crippen LogP contribution in [0.2, 0.25) is 0 Å². The highest BCUT2D eigenvalue weighted by molar-refractivity contribution is 5.95. The Morgan fingerprint density at radius 2 is 1.97 bits per heavy atom. The molecule has 0 amide bonds. The minimum Gasteiger partial charge on any atom is -0.497 e. The van der Waals surface area contributed by atoms with E-state index in [4.69, 9.17) is 9.15 Å². The maximum atomic E-state index is 12.8. The van der Waals surface area contributed by atoms with Gasteiger partial charge in [-0.2, -0.15) is 5.26 Å². The summed E-state index contributed by atoms with van der Waals surface area (Å²) in [6, 6.07) is 15.5. The van der Waals surface area contributed by atoms with E-state index in [9.17, 15) is 10.1 Å². The molecule has 2 aromatic carbocycles. The van der Waals surface area contributed by atoms with Gasteiger partial charge in [0.1, 0.15) is 22.9 Å². The minimum atomic E-state index is -0.258. The van der Waals surface area contributed by atoms with E-state index in [-0.39, 0.29) is 17.0 Å². The van der Waals surface area contributed by atoms with Crippen LogP contribution in [0.5, 0.6) is 5.75 Å². The van der Waals surface area contributed by atoms with Gasteiger partial charge in [0.2, 0.25) is 0 Å². The number of fused-ring (bicyclic) bond motifs is 2. The number of anilines is 1. The van der Waals surface area contributed by atoms with Crippen LogP contribution in [0.3, 0.4) is 0 Å². The molecular formula is C24H22N4O3. The molecule has 0 saturated carbocycles. The van der Waals surface area contributed by atoms with Crippen molar-refractivity contribution in [2.75, 3.05) is 25.1 Å². The topological polar surface area (TPSA) is 84.3 Å². The summed E-state index contributed by atoms with van der Waals surface area (Å²) in [7, 11) is 3.34. The summed E-state index contributed by atoms with van der Waals surface area (Å²) in [6.45, 7) is 1.44. The van der Waals surface area contributed by atoms with Gasteiger partial charge in [0.25, 0.3) is 5.56 Å². The van der Waals surface area contributed by atoms with Crippen molar-refractivity contribution in [3.05, 3.63) is 64.3 Å². The number of piperidine rings is 1. The molecule has 1 aliphatic heterocycles. The first-order chi connectivity index (χ1) is 15.1. The Balaban J connectivity index is 1.46. The van der Waals surface area contributed by atoms with Crippen molar-refractivity contribution in [2.24, 2.45) is 7.05 Å². The van der Waals surface area contributed by atoms with Crippen LogP contribution in [0.15, 0.2) is 51.7 Å². The zero-order valence-corrected chi connectivity index (χ0v) is 17.5. The summed E-state index contributed by atoms with van der Waals surface area (Å²) in [5, 5.41) is 10.7. The molecule has 0 spiro atoms. The van der Waals surface area contributed by atoms with E-state index in [1.807, 2.05) is 42.5 Å². The Bertz CT molecular complexity index is 1390. The average molecular weight is 414 g/mol. The molecule has 1 aliphatic rings. The van der Waals surface area contributed by atoms with Gasteiger partial charge in [0.05, 0.1) is 18.3 Å². The predicted octanol–water partition coefficient (Wildman–Crippen LogP) is 3.94. The highest BCUT2D eigenvalue weighted by Crippen LogP contribution is 2.35. The van der Waals surface area contributed by atoms with Crippen molar-refractivity contribution in [1.29, 1.82) is 5.26 Å². The maximum Gasteiger partial charge on any atom is 0.270 e. The third kappa shape index (κ3) is 3.12. The Morgan fingerprint density at radius 1 is 1.19 bits per heavy atom. The fourth-order valence-electron chi connectivity index (χ4n) is 4.49. The van der Waals surface area contributed by atoms with E-state index < -0.39 is 0 Å². The molecule has 0 aliphatic carbocycles. The van der Waals surface area contributed by atoms with Crippen LogP contribution in [0, 0.1) is 11.3 Å². The van der Waals surface area contributed by atoms with E-state index in [0.717, 1.165) is 65.3 Å². The number of methoxy groups -OCH3 is 1. The molecule has 0 radical (unpaired) electrons. The monoisotopic (exact) mass is 414 g/mol. The molecule has 156 valence electrons. The van der Waals surface area contributed by atoms with E-state index in [1.165, 1.54) is 0 Å². The summed E-state index contributed by atoms with van der Waals surface area (Å²) >= 11 is 0. The molecule has 0 bridgehead atoms. The van der Waals surface area contributed by atoms with E-state index in [2.05, 4.69) is 16.0 Å². The first-order valence-electron chi connectivity index (χ1n) is 10.3. The molecular weight excluding hydrogens is 392 g/mol. The number of pyridine rings is 1. The quantitative estimate of drug-likeness (QED) is 0.505. The van der Waals surface area contributed by atoms with Crippen molar-refractivity contribution in [1.82, 2.24) is 9.55 Å². The van der Waals surface area contributed by atoms with Gasteiger partial charge in [0.15, 0.2) is 11.5 Å². The zero-order valence-electron chi connectivity index (χ0n) is 17.5. The van der Waals surface area contributed by atoms with Gasteiger partial charge in [-0.25, -0.2) is 4.98 Å². The fourth-order valence-corrected chi connectivity index (χ4v) is 4.49.